The fourth-order valence-corrected chi connectivity index (χ4v) is 0.868. The minimum Gasteiger partial charge on any atom is -0.772 e. The average molecular weight is 145 g/mol. The highest BCUT2D eigenvalue weighted by atomic mass is 32.2. The molecule has 0 fully saturated rings. The summed E-state index contributed by atoms with van der Waals surface area (Å²) in [6, 6.07) is 0. The maximum absolute atomic E-state index is 10.2. The largest absolute Gasteiger partial charge is 0.772 e. The molecule has 0 N–H and O–H groups in total. The summed E-state index contributed by atoms with van der Waals surface area (Å²) in [6.45, 7) is 6.77. The van der Waals surface area contributed by atoms with Crippen LogP contribution < -0.4 is 0 Å². The summed E-state index contributed by atoms with van der Waals surface area (Å²) >= 11 is -2.04. The lowest BCUT2D eigenvalue weighted by atomic mass is 10.3. The first-order valence-corrected chi connectivity index (χ1v) is 3.67. The van der Waals surface area contributed by atoms with Gasteiger partial charge in [0.1, 0.15) is 0 Å². The van der Waals surface area contributed by atoms with Crippen molar-refractivity contribution in [2.24, 2.45) is 0 Å². The van der Waals surface area contributed by atoms with Crippen LogP contribution in [0.4, 0.5) is 0 Å². The van der Waals surface area contributed by atoms with Crippen molar-refractivity contribution in [1.29, 1.82) is 0 Å². The molecule has 0 aliphatic heterocycles. The second-order valence-corrected chi connectivity index (χ2v) is 2.69. The van der Waals surface area contributed by atoms with Gasteiger partial charge in [-0.15, -0.1) is 13.2 Å². The van der Waals surface area contributed by atoms with E-state index in [0.29, 0.717) is 6.42 Å². The van der Waals surface area contributed by atoms with E-state index < -0.39 is 16.3 Å². The van der Waals surface area contributed by atoms with Crippen LogP contribution in [-0.2, 0) is 11.1 Å². The highest BCUT2D eigenvalue weighted by Gasteiger charge is 1.98. The third kappa shape index (κ3) is 3.21. The Kier molecular flexibility index (Phi) is 4.26. The number of hydrogen-bond donors (Lipinski definition) is 0. The number of rotatable bonds is 4. The van der Waals surface area contributed by atoms with Crippen LogP contribution in [0, 0.1) is 0 Å². The van der Waals surface area contributed by atoms with Crippen LogP contribution in [0.15, 0.2) is 25.3 Å². The summed E-state index contributed by atoms with van der Waals surface area (Å²) < 4.78 is 20.4. The van der Waals surface area contributed by atoms with Gasteiger partial charge in [-0.1, -0.05) is 12.2 Å². The number of allylic oxidation sites excluding steroid dienone is 1. The minimum absolute atomic E-state index is 0.444. The van der Waals surface area contributed by atoms with Crippen molar-refractivity contribution in [3.05, 3.63) is 25.3 Å². The Morgan fingerprint density at radius 2 is 2.22 bits per heavy atom. The van der Waals surface area contributed by atoms with Gasteiger partial charge in [-0.2, -0.15) is 0 Å². The van der Waals surface area contributed by atoms with Gasteiger partial charge < -0.3 is 4.55 Å². The topological polar surface area (TPSA) is 40.1 Å². The molecule has 0 amide bonds. The molecule has 0 aromatic carbocycles. The molecule has 0 aliphatic carbocycles. The summed E-state index contributed by atoms with van der Waals surface area (Å²) in [4.78, 5) is 0. The zero-order chi connectivity index (χ0) is 7.28. The third-order valence-corrected chi connectivity index (χ3v) is 1.79. The zero-order valence-corrected chi connectivity index (χ0v) is 5.89. The normalized spacial score (nSPS) is 16.1. The first-order chi connectivity index (χ1) is 4.22. The highest BCUT2D eigenvalue weighted by Crippen LogP contribution is 2.00. The van der Waals surface area contributed by atoms with Crippen molar-refractivity contribution in [3.63, 3.8) is 0 Å². The van der Waals surface area contributed by atoms with Crippen molar-refractivity contribution >= 4 is 11.1 Å². The van der Waals surface area contributed by atoms with Gasteiger partial charge in [0.05, 0.1) is 0 Å². The predicted octanol–water partition coefficient (Wildman–Crippen LogP) is 0.996. The van der Waals surface area contributed by atoms with E-state index in [2.05, 4.69) is 13.2 Å². The molecule has 2 nitrogen and oxygen atoms in total. The zero-order valence-electron chi connectivity index (χ0n) is 5.08. The monoisotopic (exact) mass is 145 g/mol. The molecule has 0 aromatic rings. The molecule has 3 heteroatoms. The lowest BCUT2D eigenvalue weighted by molar-refractivity contribution is 0.529. The first-order valence-electron chi connectivity index (χ1n) is 2.54. The molecule has 52 valence electrons. The van der Waals surface area contributed by atoms with Gasteiger partial charge in [-0.3, -0.25) is 4.21 Å². The third-order valence-electron chi connectivity index (χ3n) is 0.909. The molecule has 0 heterocycles. The Hall–Kier alpha value is -0.410. The average Bonchev–Trinajstić information content (AvgIpc) is 1.82. The van der Waals surface area contributed by atoms with Crippen LogP contribution in [0.1, 0.15) is 6.42 Å². The molecule has 0 saturated heterocycles. The first kappa shape index (κ1) is 8.59. The van der Waals surface area contributed by atoms with Gasteiger partial charge in [0, 0.05) is 5.25 Å². The SMILES string of the molecule is C=CCC(C=C)S(=O)[O-]. The smallest absolute Gasteiger partial charge is 0.0427 e. The predicted molar refractivity (Wildman–Crippen MR) is 37.7 cm³/mol. The van der Waals surface area contributed by atoms with Crippen LogP contribution in [-0.4, -0.2) is 14.0 Å². The van der Waals surface area contributed by atoms with Gasteiger partial charge in [0.2, 0.25) is 0 Å². The fourth-order valence-electron chi connectivity index (χ4n) is 0.418. The van der Waals surface area contributed by atoms with Crippen molar-refractivity contribution < 1.29 is 8.76 Å². The van der Waals surface area contributed by atoms with Crippen LogP contribution in [0.5, 0.6) is 0 Å². The van der Waals surface area contributed by atoms with Crippen LogP contribution >= 0.6 is 0 Å². The van der Waals surface area contributed by atoms with Crippen molar-refractivity contribution in [2.45, 2.75) is 11.7 Å². The van der Waals surface area contributed by atoms with Crippen LogP contribution in [0.3, 0.4) is 0 Å². The molecule has 0 rings (SSSR count). The quantitative estimate of drug-likeness (QED) is 0.437. The summed E-state index contributed by atoms with van der Waals surface area (Å²) in [7, 11) is 0. The molecular formula is C6H9O2S-. The van der Waals surface area contributed by atoms with E-state index >= 15 is 0 Å². The molecular weight excluding hydrogens is 136 g/mol. The molecule has 0 aliphatic rings. The van der Waals surface area contributed by atoms with E-state index in [1.807, 2.05) is 0 Å². The Labute approximate surface area is 57.6 Å². The van der Waals surface area contributed by atoms with Crippen LogP contribution in [0.25, 0.3) is 0 Å². The summed E-state index contributed by atoms with van der Waals surface area (Å²) in [5, 5.41) is -0.470. The second kappa shape index (κ2) is 4.47. The van der Waals surface area contributed by atoms with Crippen molar-refractivity contribution in [3.8, 4) is 0 Å². The van der Waals surface area contributed by atoms with E-state index in [1.54, 1.807) is 6.08 Å². The molecule has 2 atom stereocenters. The van der Waals surface area contributed by atoms with Gasteiger partial charge in [-0.25, -0.2) is 0 Å². The Morgan fingerprint density at radius 3 is 2.33 bits per heavy atom. The maximum atomic E-state index is 10.2. The van der Waals surface area contributed by atoms with Crippen molar-refractivity contribution in [1.82, 2.24) is 0 Å². The molecule has 9 heavy (non-hydrogen) atoms. The van der Waals surface area contributed by atoms with Gasteiger partial charge >= 0.3 is 0 Å². The number of hydrogen-bond acceptors (Lipinski definition) is 2. The standard InChI is InChI=1S/C6H10O2S/c1-3-5-6(4-2)9(7)8/h3-4,6H,1-2,5H2,(H,7,8)/p-1. The van der Waals surface area contributed by atoms with Crippen LogP contribution in [0.2, 0.25) is 0 Å². The Bertz CT molecular complexity index is 131. The van der Waals surface area contributed by atoms with Crippen molar-refractivity contribution in [2.75, 3.05) is 0 Å². The second-order valence-electron chi connectivity index (χ2n) is 1.56. The summed E-state index contributed by atoms with van der Waals surface area (Å²) in [5.74, 6) is 0. The minimum atomic E-state index is -2.04. The van der Waals surface area contributed by atoms with Gasteiger partial charge in [0.15, 0.2) is 0 Å². The molecule has 0 aromatic heterocycles. The van der Waals surface area contributed by atoms with E-state index in [4.69, 9.17) is 0 Å². The molecule has 2 unspecified atom stereocenters. The van der Waals surface area contributed by atoms with Gasteiger partial charge in [-0.05, 0) is 17.5 Å². The molecule has 0 saturated carbocycles. The highest BCUT2D eigenvalue weighted by molar-refractivity contribution is 7.80. The lowest BCUT2D eigenvalue weighted by Gasteiger charge is -2.12. The fraction of sp³-hybridized carbons (Fsp3) is 0.333. The molecule has 0 radical (unpaired) electrons. The maximum Gasteiger partial charge on any atom is 0.0427 e. The Morgan fingerprint density at radius 1 is 1.67 bits per heavy atom. The van der Waals surface area contributed by atoms with E-state index in [-0.39, 0.29) is 0 Å². The van der Waals surface area contributed by atoms with Gasteiger partial charge in [0.25, 0.3) is 0 Å². The van der Waals surface area contributed by atoms with E-state index in [9.17, 15) is 8.76 Å². The van der Waals surface area contributed by atoms with E-state index in [1.165, 1.54) is 6.08 Å². The van der Waals surface area contributed by atoms with E-state index in [0.717, 1.165) is 0 Å². The Balaban J connectivity index is 3.81. The molecule has 0 spiro atoms. The summed E-state index contributed by atoms with van der Waals surface area (Å²) in [5.41, 5.74) is 0. The summed E-state index contributed by atoms with van der Waals surface area (Å²) in [6.07, 6.45) is 3.40. The lowest BCUT2D eigenvalue weighted by Crippen LogP contribution is -2.09. The molecule has 0 bridgehead atoms.